The summed E-state index contributed by atoms with van der Waals surface area (Å²) in [6, 6.07) is 15.6. The number of benzene rings is 2. The number of carbonyl (C=O) groups is 1. The van der Waals surface area contributed by atoms with Crippen molar-refractivity contribution in [1.82, 2.24) is 5.32 Å². The third-order valence-electron chi connectivity index (χ3n) is 5.02. The van der Waals surface area contributed by atoms with Crippen molar-refractivity contribution in [3.05, 3.63) is 65.2 Å². The second kappa shape index (κ2) is 8.16. The molecule has 1 amide bonds. The average Bonchev–Trinajstić information content (AvgIpc) is 3.46. The van der Waals surface area contributed by atoms with Gasteiger partial charge in [-0.2, -0.15) is 18.4 Å². The summed E-state index contributed by atoms with van der Waals surface area (Å²) in [5.74, 6) is -0.0210. The summed E-state index contributed by atoms with van der Waals surface area (Å²) in [5, 5.41) is 11.9. The molecule has 0 aliphatic heterocycles. The number of nitrogens with one attached hydrogen (secondary N) is 1. The highest BCUT2D eigenvalue weighted by Gasteiger charge is 2.45. The molecule has 0 bridgehead atoms. The van der Waals surface area contributed by atoms with E-state index in [-0.39, 0.29) is 24.0 Å². The van der Waals surface area contributed by atoms with Gasteiger partial charge in [0, 0.05) is 6.42 Å². The van der Waals surface area contributed by atoms with Gasteiger partial charge in [0.2, 0.25) is 5.91 Å². The molecule has 0 saturated heterocycles. The Kier molecular flexibility index (Phi) is 5.83. The lowest BCUT2D eigenvalue weighted by atomic mass is 9.96. The topological polar surface area (TPSA) is 62.1 Å². The van der Waals surface area contributed by atoms with Crippen LogP contribution in [0.5, 0.6) is 5.75 Å². The van der Waals surface area contributed by atoms with Crippen LogP contribution in [0.1, 0.15) is 48.8 Å². The van der Waals surface area contributed by atoms with Crippen molar-refractivity contribution < 1.29 is 22.7 Å². The van der Waals surface area contributed by atoms with E-state index in [1.165, 1.54) is 6.07 Å². The molecule has 1 saturated carbocycles. The monoisotopic (exact) mass is 402 g/mol. The molecule has 3 rings (SSSR count). The molecule has 152 valence electrons. The van der Waals surface area contributed by atoms with E-state index in [1.54, 1.807) is 30.3 Å². The van der Waals surface area contributed by atoms with Gasteiger partial charge >= 0.3 is 6.18 Å². The number of hydrogen-bond donors (Lipinski definition) is 1. The maximum atomic E-state index is 12.6. The van der Waals surface area contributed by atoms with Crippen molar-refractivity contribution in [1.29, 1.82) is 5.26 Å². The number of rotatable bonds is 7. The Morgan fingerprint density at radius 2 is 1.93 bits per heavy atom. The molecule has 1 aliphatic carbocycles. The summed E-state index contributed by atoms with van der Waals surface area (Å²) in [6.45, 7) is 0.587. The average molecular weight is 402 g/mol. The molecule has 0 radical (unpaired) electrons. The van der Waals surface area contributed by atoms with E-state index in [0.29, 0.717) is 5.56 Å². The minimum absolute atomic E-state index is 0.0278. The lowest BCUT2D eigenvalue weighted by Crippen LogP contribution is -2.35. The Balaban J connectivity index is 1.62. The fraction of sp³-hybridized carbons (Fsp3) is 0.364. The highest BCUT2D eigenvalue weighted by molar-refractivity contribution is 5.78. The van der Waals surface area contributed by atoms with Crippen LogP contribution >= 0.6 is 0 Å². The van der Waals surface area contributed by atoms with Gasteiger partial charge in [-0.1, -0.05) is 31.2 Å². The van der Waals surface area contributed by atoms with Gasteiger partial charge in [0.15, 0.2) is 6.61 Å². The smallest absolute Gasteiger partial charge is 0.422 e. The van der Waals surface area contributed by atoms with Crippen molar-refractivity contribution >= 4 is 5.91 Å². The Hall–Kier alpha value is -3.01. The zero-order chi connectivity index (χ0) is 21.1. The molecule has 2 aromatic carbocycles. The molecule has 0 aromatic heterocycles. The van der Waals surface area contributed by atoms with Crippen LogP contribution in [0.4, 0.5) is 13.2 Å². The Morgan fingerprint density at radius 1 is 1.24 bits per heavy atom. The molecular formula is C22H21F3N2O2. The Morgan fingerprint density at radius 3 is 2.52 bits per heavy atom. The van der Waals surface area contributed by atoms with E-state index >= 15 is 0 Å². The molecule has 1 fully saturated rings. The molecule has 7 heteroatoms. The standard InChI is InChI=1S/C22H21F3N2O2/c1-15(17-7-5-16(13-26)6-8-17)11-20(28)27-21(9-10-21)18-3-2-4-19(12-18)29-14-22(23,24)25/h2-8,12,15H,9-11,14H2,1H3,(H,27,28)/t15-/m0/s1. The second-order valence-electron chi connectivity index (χ2n) is 7.40. The summed E-state index contributed by atoms with van der Waals surface area (Å²) in [6.07, 6.45) is -2.67. The lowest BCUT2D eigenvalue weighted by molar-refractivity contribution is -0.153. The summed E-state index contributed by atoms with van der Waals surface area (Å²) in [5.41, 5.74) is 1.73. The third-order valence-corrected chi connectivity index (χ3v) is 5.02. The van der Waals surface area contributed by atoms with Gasteiger partial charge in [-0.15, -0.1) is 0 Å². The number of alkyl halides is 3. The summed E-state index contributed by atoms with van der Waals surface area (Å²) in [4.78, 5) is 12.6. The predicted molar refractivity (Wildman–Crippen MR) is 101 cm³/mol. The van der Waals surface area contributed by atoms with Crippen molar-refractivity contribution in [2.75, 3.05) is 6.61 Å². The highest BCUT2D eigenvalue weighted by atomic mass is 19.4. The fourth-order valence-electron chi connectivity index (χ4n) is 3.26. The molecule has 0 heterocycles. The Bertz CT molecular complexity index is 913. The first-order valence-corrected chi connectivity index (χ1v) is 9.32. The normalized spacial score (nSPS) is 15.8. The molecule has 29 heavy (non-hydrogen) atoms. The SMILES string of the molecule is C[C@@H](CC(=O)NC1(c2cccc(OCC(F)(F)F)c2)CC1)c1ccc(C#N)cc1. The molecule has 4 nitrogen and oxygen atoms in total. The fourth-order valence-corrected chi connectivity index (χ4v) is 3.26. The van der Waals surface area contributed by atoms with Crippen LogP contribution in [0.15, 0.2) is 48.5 Å². The van der Waals surface area contributed by atoms with E-state index < -0.39 is 18.3 Å². The molecule has 1 aliphatic rings. The molecular weight excluding hydrogens is 381 g/mol. The molecule has 2 aromatic rings. The van der Waals surface area contributed by atoms with Crippen molar-refractivity contribution in [2.24, 2.45) is 0 Å². The van der Waals surface area contributed by atoms with Gasteiger partial charge in [0.1, 0.15) is 5.75 Å². The first-order valence-electron chi connectivity index (χ1n) is 9.32. The summed E-state index contributed by atoms with van der Waals surface area (Å²) < 4.78 is 41.9. The molecule has 1 N–H and O–H groups in total. The number of amides is 1. The zero-order valence-corrected chi connectivity index (χ0v) is 15.9. The summed E-state index contributed by atoms with van der Waals surface area (Å²) in [7, 11) is 0. The lowest BCUT2D eigenvalue weighted by Gasteiger charge is -2.21. The van der Waals surface area contributed by atoms with Crippen molar-refractivity contribution in [2.45, 2.75) is 43.8 Å². The van der Waals surface area contributed by atoms with Crippen LogP contribution in [-0.2, 0) is 10.3 Å². The third kappa shape index (κ3) is 5.50. The molecule has 1 atom stereocenters. The maximum absolute atomic E-state index is 12.6. The van der Waals surface area contributed by atoms with Gasteiger partial charge in [-0.3, -0.25) is 4.79 Å². The predicted octanol–water partition coefficient (Wildman–Crippen LogP) is 4.80. The minimum Gasteiger partial charge on any atom is -0.484 e. The van der Waals surface area contributed by atoms with E-state index in [9.17, 15) is 18.0 Å². The van der Waals surface area contributed by atoms with Crippen molar-refractivity contribution in [3.8, 4) is 11.8 Å². The van der Waals surface area contributed by atoms with Crippen LogP contribution in [-0.4, -0.2) is 18.7 Å². The number of nitrogens with zero attached hydrogens (tertiary/aromatic N) is 1. The van der Waals surface area contributed by atoms with E-state index in [0.717, 1.165) is 24.0 Å². The second-order valence-corrected chi connectivity index (χ2v) is 7.40. The number of carbonyl (C=O) groups excluding carboxylic acids is 1. The van der Waals surface area contributed by atoms with Crippen LogP contribution < -0.4 is 10.1 Å². The van der Waals surface area contributed by atoms with Crippen LogP contribution in [0, 0.1) is 11.3 Å². The van der Waals surface area contributed by atoms with Gasteiger partial charge in [0.25, 0.3) is 0 Å². The minimum atomic E-state index is -4.40. The highest BCUT2D eigenvalue weighted by Crippen LogP contribution is 2.46. The van der Waals surface area contributed by atoms with E-state index in [1.807, 2.05) is 19.1 Å². The van der Waals surface area contributed by atoms with Crippen LogP contribution in [0.2, 0.25) is 0 Å². The van der Waals surface area contributed by atoms with Gasteiger partial charge in [-0.25, -0.2) is 0 Å². The quantitative estimate of drug-likeness (QED) is 0.724. The number of hydrogen-bond acceptors (Lipinski definition) is 3. The van der Waals surface area contributed by atoms with E-state index in [2.05, 4.69) is 11.4 Å². The first-order chi connectivity index (χ1) is 13.7. The largest absolute Gasteiger partial charge is 0.484 e. The molecule has 0 spiro atoms. The van der Waals surface area contributed by atoms with Crippen molar-refractivity contribution in [3.63, 3.8) is 0 Å². The number of halogens is 3. The maximum Gasteiger partial charge on any atom is 0.422 e. The van der Waals surface area contributed by atoms with E-state index in [4.69, 9.17) is 10.00 Å². The van der Waals surface area contributed by atoms with Crippen LogP contribution in [0.25, 0.3) is 0 Å². The number of ether oxygens (including phenoxy) is 1. The molecule has 0 unspecified atom stereocenters. The Labute approximate surface area is 167 Å². The van der Waals surface area contributed by atoms with Gasteiger partial charge in [0.05, 0.1) is 17.2 Å². The van der Waals surface area contributed by atoms with Gasteiger partial charge in [-0.05, 0) is 54.2 Å². The zero-order valence-electron chi connectivity index (χ0n) is 15.9. The summed E-state index contributed by atoms with van der Waals surface area (Å²) >= 11 is 0. The van der Waals surface area contributed by atoms with Gasteiger partial charge < -0.3 is 10.1 Å². The van der Waals surface area contributed by atoms with Crippen LogP contribution in [0.3, 0.4) is 0 Å². The first kappa shape index (κ1) is 20.7. The number of nitriles is 1.